The third kappa shape index (κ3) is 4.07. The van der Waals surface area contributed by atoms with E-state index in [1.54, 1.807) is 24.3 Å². The monoisotopic (exact) mass is 308 g/mol. The summed E-state index contributed by atoms with van der Waals surface area (Å²) in [5.74, 6) is 0. The molecule has 2 rings (SSSR count). The Morgan fingerprint density at radius 2 is 1.81 bits per heavy atom. The number of alkyl halides is 3. The largest absolute Gasteiger partial charge is 0.433 e. The molecule has 1 aromatic carbocycles. The summed E-state index contributed by atoms with van der Waals surface area (Å²) in [6.07, 6.45) is -3.30. The van der Waals surface area contributed by atoms with E-state index in [0.29, 0.717) is 21.9 Å². The van der Waals surface area contributed by atoms with E-state index >= 15 is 0 Å². The number of pyridine rings is 1. The van der Waals surface area contributed by atoms with E-state index < -0.39 is 11.9 Å². The fraction of sp³-hybridized carbons (Fsp3) is 0.143. The first-order valence-corrected chi connectivity index (χ1v) is 7.23. The Morgan fingerprint density at radius 1 is 1.14 bits per heavy atom. The second-order valence-electron chi connectivity index (χ2n) is 4.49. The summed E-state index contributed by atoms with van der Waals surface area (Å²) in [6.45, 7) is 0.206. The summed E-state index contributed by atoms with van der Waals surface area (Å²) in [7, 11) is 0. The van der Waals surface area contributed by atoms with Crippen LogP contribution in [-0.4, -0.2) is 26.0 Å². The van der Waals surface area contributed by atoms with Crippen molar-refractivity contribution in [3.8, 4) is 0 Å². The van der Waals surface area contributed by atoms with Crippen LogP contribution in [0.2, 0.25) is 0 Å². The van der Waals surface area contributed by atoms with Crippen LogP contribution in [0.5, 0.6) is 0 Å². The number of rotatable bonds is 3. The number of para-hydroxylation sites is 1. The molecule has 0 spiro atoms. The van der Waals surface area contributed by atoms with Crippen molar-refractivity contribution in [2.75, 3.05) is 4.90 Å². The molecule has 2 aromatic rings. The maximum absolute atomic E-state index is 12.5. The summed E-state index contributed by atoms with van der Waals surface area (Å²) >= 11 is 0.325. The summed E-state index contributed by atoms with van der Waals surface area (Å²) in [5, 5.41) is 0. The standard InChI is InChI=1S/C14H10F3N2O.Al.2H/c15-14(16,17)13-7-6-11(8-18-13)9-19(10-20)12-4-2-1-3-5-12;;;/h1-8H,9H2;;;. The molecule has 1 amide bonds. The van der Waals surface area contributed by atoms with Crippen molar-refractivity contribution in [2.45, 2.75) is 12.7 Å². The molecular formula is C14H12AlF3N2O. The van der Waals surface area contributed by atoms with Crippen LogP contribution < -0.4 is 4.90 Å². The summed E-state index contributed by atoms with van der Waals surface area (Å²) < 4.78 is 37.3. The van der Waals surface area contributed by atoms with Gasteiger partial charge in [-0.1, -0.05) is 24.3 Å². The van der Waals surface area contributed by atoms with Gasteiger partial charge in [0.25, 0.3) is 0 Å². The quantitative estimate of drug-likeness (QED) is 0.817. The van der Waals surface area contributed by atoms with Crippen LogP contribution in [0.4, 0.5) is 23.7 Å². The summed E-state index contributed by atoms with van der Waals surface area (Å²) in [4.78, 5) is 16.7. The van der Waals surface area contributed by atoms with E-state index in [-0.39, 0.29) is 11.3 Å². The molecule has 1 heterocycles. The van der Waals surface area contributed by atoms with E-state index in [2.05, 4.69) is 4.98 Å². The molecule has 7 heteroatoms. The number of nitrogens with zero attached hydrogens (tertiary/aromatic N) is 2. The third-order valence-electron chi connectivity index (χ3n) is 2.90. The number of carbonyl (C=O) groups excluding carboxylic acids is 1. The number of benzene rings is 1. The smallest absolute Gasteiger partial charge is 0.325 e. The highest BCUT2D eigenvalue weighted by molar-refractivity contribution is 6.60. The zero-order chi connectivity index (χ0) is 15.5. The van der Waals surface area contributed by atoms with Gasteiger partial charge in [-0.3, -0.25) is 9.78 Å². The van der Waals surface area contributed by atoms with Crippen molar-refractivity contribution in [1.29, 1.82) is 0 Å². The van der Waals surface area contributed by atoms with Crippen LogP contribution in [0.25, 0.3) is 0 Å². The van der Waals surface area contributed by atoms with Crippen molar-refractivity contribution in [3.05, 3.63) is 59.9 Å². The lowest BCUT2D eigenvalue weighted by atomic mass is 10.2. The molecule has 0 N–H and O–H groups in total. The number of carbonyl (C=O) groups is 1. The van der Waals surface area contributed by atoms with Crippen LogP contribution >= 0.6 is 0 Å². The first-order valence-electron chi connectivity index (χ1n) is 6.23. The topological polar surface area (TPSA) is 33.2 Å². The van der Waals surface area contributed by atoms with Crippen LogP contribution in [0, 0.1) is 0 Å². The van der Waals surface area contributed by atoms with Gasteiger partial charge in [0.1, 0.15) is 10.5 Å². The molecule has 108 valence electrons. The molecule has 0 bridgehead atoms. The normalized spacial score (nSPS) is 11.2. The van der Waals surface area contributed by atoms with Gasteiger partial charge in [-0.2, -0.15) is 13.2 Å². The minimum absolute atomic E-state index is 0.0545. The average molecular weight is 308 g/mol. The number of anilines is 1. The highest BCUT2D eigenvalue weighted by Gasteiger charge is 2.32. The molecule has 0 aliphatic rings. The van der Waals surface area contributed by atoms with Gasteiger partial charge >= 0.3 is 22.5 Å². The SMILES string of the molecule is O=[C]([AlH2])N(Cc1ccc(C(F)(F)F)nc1)c1ccccc1. The fourth-order valence-corrected chi connectivity index (χ4v) is 2.28. The van der Waals surface area contributed by atoms with Gasteiger partial charge in [0.05, 0.1) is 6.54 Å². The molecule has 0 fully saturated rings. The van der Waals surface area contributed by atoms with Gasteiger partial charge < -0.3 is 4.90 Å². The first kappa shape index (κ1) is 15.5. The maximum Gasteiger partial charge on any atom is 0.433 e. The van der Waals surface area contributed by atoms with E-state index in [1.165, 1.54) is 11.0 Å². The van der Waals surface area contributed by atoms with E-state index in [9.17, 15) is 18.0 Å². The molecule has 0 saturated carbocycles. The van der Waals surface area contributed by atoms with Crippen LogP contribution in [0.3, 0.4) is 0 Å². The predicted molar refractivity (Wildman–Crippen MR) is 75.8 cm³/mol. The van der Waals surface area contributed by atoms with Gasteiger partial charge in [0, 0.05) is 11.9 Å². The molecular weight excluding hydrogens is 296 g/mol. The lowest BCUT2D eigenvalue weighted by Crippen LogP contribution is -2.29. The zero-order valence-corrected chi connectivity index (χ0v) is 13.3. The molecule has 0 radical (unpaired) electrons. The van der Waals surface area contributed by atoms with Crippen LogP contribution in [0.15, 0.2) is 48.7 Å². The molecule has 0 aliphatic carbocycles. The van der Waals surface area contributed by atoms with E-state index in [4.69, 9.17) is 0 Å². The van der Waals surface area contributed by atoms with E-state index in [0.717, 1.165) is 18.0 Å². The van der Waals surface area contributed by atoms with Gasteiger partial charge in [-0.25, -0.2) is 0 Å². The van der Waals surface area contributed by atoms with Gasteiger partial charge in [0.15, 0.2) is 0 Å². The van der Waals surface area contributed by atoms with Crippen molar-refractivity contribution < 1.29 is 18.0 Å². The number of amides is 1. The van der Waals surface area contributed by atoms with E-state index in [1.807, 2.05) is 6.07 Å². The summed E-state index contributed by atoms with van der Waals surface area (Å²) in [5.41, 5.74) is 0.336. The molecule has 0 unspecified atom stereocenters. The highest BCUT2D eigenvalue weighted by atomic mass is 27.0. The Morgan fingerprint density at radius 3 is 2.29 bits per heavy atom. The Labute approximate surface area is 127 Å². The Hall–Kier alpha value is -1.84. The van der Waals surface area contributed by atoms with Crippen LogP contribution in [0.1, 0.15) is 11.3 Å². The maximum atomic E-state index is 12.5. The number of halogens is 3. The van der Waals surface area contributed by atoms with Crippen molar-refractivity contribution in [1.82, 2.24) is 4.98 Å². The van der Waals surface area contributed by atoms with Crippen LogP contribution in [-0.2, 0) is 12.7 Å². The first-order chi connectivity index (χ1) is 9.88. The zero-order valence-electron chi connectivity index (χ0n) is 11.3. The number of hydrogen-bond donors (Lipinski definition) is 0. The minimum Gasteiger partial charge on any atom is -0.325 e. The van der Waals surface area contributed by atoms with Gasteiger partial charge in [0.2, 0.25) is 0 Å². The van der Waals surface area contributed by atoms with Crippen molar-refractivity contribution in [2.24, 2.45) is 0 Å². The molecule has 3 nitrogen and oxygen atoms in total. The molecule has 0 aliphatic heterocycles. The van der Waals surface area contributed by atoms with Gasteiger partial charge in [-0.15, -0.1) is 0 Å². The lowest BCUT2D eigenvalue weighted by molar-refractivity contribution is -0.141. The Kier molecular flexibility index (Phi) is 4.66. The predicted octanol–water partition coefficient (Wildman–Crippen LogP) is 2.86. The average Bonchev–Trinajstić information content (AvgIpc) is 2.45. The summed E-state index contributed by atoms with van der Waals surface area (Å²) in [6, 6.07) is 11.3. The molecule has 0 saturated heterocycles. The van der Waals surface area contributed by atoms with Crippen molar-refractivity contribution >= 4 is 26.7 Å². The molecule has 0 atom stereocenters. The number of aromatic nitrogens is 1. The Balaban J connectivity index is 2.20. The fourth-order valence-electron chi connectivity index (χ4n) is 1.86. The van der Waals surface area contributed by atoms with Crippen molar-refractivity contribution in [3.63, 3.8) is 0 Å². The second kappa shape index (κ2) is 6.29. The number of hydrogen-bond acceptors (Lipinski definition) is 2. The molecule has 21 heavy (non-hydrogen) atoms. The third-order valence-corrected chi connectivity index (χ3v) is 3.44. The van der Waals surface area contributed by atoms with Gasteiger partial charge in [-0.05, 0) is 23.8 Å². The highest BCUT2D eigenvalue weighted by Crippen LogP contribution is 2.27. The molecule has 1 aromatic heterocycles. The Bertz CT molecular complexity index is 614. The lowest BCUT2D eigenvalue weighted by Gasteiger charge is -2.22. The minimum atomic E-state index is -4.45. The second-order valence-corrected chi connectivity index (χ2v) is 5.35.